The van der Waals surface area contributed by atoms with Crippen LogP contribution in [0, 0.1) is 13.8 Å². The minimum Gasteiger partial charge on any atom is -0.454 e. The Morgan fingerprint density at radius 3 is 2.72 bits per heavy atom. The van der Waals surface area contributed by atoms with E-state index in [2.05, 4.69) is 10.3 Å². The summed E-state index contributed by atoms with van der Waals surface area (Å²) in [6.45, 7) is 3.64. The third-order valence-electron chi connectivity index (χ3n) is 4.63. The number of rotatable bonds is 8. The third-order valence-corrected chi connectivity index (χ3v) is 5.74. The van der Waals surface area contributed by atoms with Crippen LogP contribution in [0.15, 0.2) is 41.5 Å². The van der Waals surface area contributed by atoms with Crippen molar-refractivity contribution in [3.8, 4) is 0 Å². The molecule has 0 aliphatic heterocycles. The Kier molecular flexibility index (Phi) is 6.77. The van der Waals surface area contributed by atoms with Crippen molar-refractivity contribution < 1.29 is 14.3 Å². The zero-order chi connectivity index (χ0) is 20.8. The Morgan fingerprint density at radius 1 is 1.21 bits per heavy atom. The number of carbonyl (C=O) groups excluding carboxylic acids is 2. The van der Waals surface area contributed by atoms with E-state index in [1.165, 1.54) is 27.8 Å². The van der Waals surface area contributed by atoms with Gasteiger partial charge in [0, 0.05) is 11.4 Å². The Hall–Kier alpha value is -3.00. The van der Waals surface area contributed by atoms with Crippen molar-refractivity contribution in [1.29, 1.82) is 0 Å². The maximum atomic E-state index is 12.6. The molecule has 0 spiro atoms. The fraction of sp³-hybridized carbons (Fsp3) is 0.333. The summed E-state index contributed by atoms with van der Waals surface area (Å²) in [5.74, 6) is -1.02. The van der Waals surface area contributed by atoms with Gasteiger partial charge in [0.25, 0.3) is 11.5 Å². The molecule has 3 rings (SSSR count). The number of aromatic nitrogens is 2. The van der Waals surface area contributed by atoms with E-state index in [0.717, 1.165) is 23.3 Å². The standard InChI is InChI=1S/C21H23N3O4S/c1-14-15(2)29-20-19(14)21(27)24(13-23-20)11-18(26)28-12-17(25)22-10-6-9-16-7-4-3-5-8-16/h3-5,7-8,13H,6,9-12H2,1-2H3,(H,22,25). The zero-order valence-electron chi connectivity index (χ0n) is 16.4. The van der Waals surface area contributed by atoms with E-state index in [-0.39, 0.29) is 24.6 Å². The quantitative estimate of drug-likeness (QED) is 0.452. The van der Waals surface area contributed by atoms with Gasteiger partial charge in [-0.05, 0) is 37.8 Å². The lowest BCUT2D eigenvalue weighted by molar-refractivity contribution is -0.149. The summed E-state index contributed by atoms with van der Waals surface area (Å²) in [6, 6.07) is 10.00. The number of aryl methyl sites for hydroxylation is 3. The average Bonchev–Trinajstić information content (AvgIpc) is 3.01. The molecular weight excluding hydrogens is 390 g/mol. The normalized spacial score (nSPS) is 10.8. The molecule has 0 saturated carbocycles. The molecule has 3 aromatic rings. The second-order valence-corrected chi connectivity index (χ2v) is 7.94. The van der Waals surface area contributed by atoms with Crippen LogP contribution in [0.1, 0.15) is 22.4 Å². The lowest BCUT2D eigenvalue weighted by Gasteiger charge is -2.08. The van der Waals surface area contributed by atoms with Crippen LogP contribution in [-0.2, 0) is 27.3 Å². The zero-order valence-corrected chi connectivity index (χ0v) is 17.3. The summed E-state index contributed by atoms with van der Waals surface area (Å²) in [7, 11) is 0. The number of carbonyl (C=O) groups is 2. The largest absolute Gasteiger partial charge is 0.454 e. The summed E-state index contributed by atoms with van der Waals surface area (Å²) in [5, 5.41) is 3.25. The molecule has 0 bridgehead atoms. The summed E-state index contributed by atoms with van der Waals surface area (Å²) in [4.78, 5) is 42.3. The van der Waals surface area contributed by atoms with Crippen LogP contribution in [0.2, 0.25) is 0 Å². The molecule has 0 unspecified atom stereocenters. The van der Waals surface area contributed by atoms with Gasteiger partial charge in [0.2, 0.25) is 0 Å². The second kappa shape index (κ2) is 9.47. The average molecular weight is 413 g/mol. The van der Waals surface area contributed by atoms with E-state index < -0.39 is 5.97 Å². The molecule has 29 heavy (non-hydrogen) atoms. The maximum absolute atomic E-state index is 12.6. The van der Waals surface area contributed by atoms with Crippen molar-refractivity contribution in [2.24, 2.45) is 0 Å². The van der Waals surface area contributed by atoms with Crippen molar-refractivity contribution in [3.63, 3.8) is 0 Å². The van der Waals surface area contributed by atoms with Crippen LogP contribution in [0.3, 0.4) is 0 Å². The van der Waals surface area contributed by atoms with Crippen LogP contribution >= 0.6 is 11.3 Å². The highest BCUT2D eigenvalue weighted by Crippen LogP contribution is 2.25. The lowest BCUT2D eigenvalue weighted by atomic mass is 10.1. The number of benzene rings is 1. The Morgan fingerprint density at radius 2 is 1.97 bits per heavy atom. The van der Waals surface area contributed by atoms with Gasteiger partial charge in [-0.3, -0.25) is 19.0 Å². The number of thiophene rings is 1. The molecule has 1 N–H and O–H groups in total. The predicted molar refractivity (Wildman–Crippen MR) is 112 cm³/mol. The van der Waals surface area contributed by atoms with Gasteiger partial charge < -0.3 is 10.1 Å². The summed E-state index contributed by atoms with van der Waals surface area (Å²) >= 11 is 1.45. The van der Waals surface area contributed by atoms with Crippen LogP contribution in [0.5, 0.6) is 0 Å². The molecule has 0 radical (unpaired) electrons. The van der Waals surface area contributed by atoms with Gasteiger partial charge in [-0.15, -0.1) is 11.3 Å². The smallest absolute Gasteiger partial charge is 0.326 e. The van der Waals surface area contributed by atoms with Crippen molar-refractivity contribution in [3.05, 3.63) is 63.0 Å². The molecule has 2 heterocycles. The summed E-state index contributed by atoms with van der Waals surface area (Å²) in [6.07, 6.45) is 3.00. The first kappa shape index (κ1) is 20.7. The van der Waals surface area contributed by atoms with Crippen molar-refractivity contribution in [1.82, 2.24) is 14.9 Å². The van der Waals surface area contributed by atoms with E-state index in [4.69, 9.17) is 4.74 Å². The van der Waals surface area contributed by atoms with Crippen LogP contribution in [0.4, 0.5) is 0 Å². The van der Waals surface area contributed by atoms with Gasteiger partial charge in [0.05, 0.1) is 11.7 Å². The van der Waals surface area contributed by atoms with E-state index in [1.807, 2.05) is 44.2 Å². The number of esters is 1. The van der Waals surface area contributed by atoms with Crippen molar-refractivity contribution in [2.75, 3.05) is 13.2 Å². The molecule has 7 nitrogen and oxygen atoms in total. The topological polar surface area (TPSA) is 90.3 Å². The predicted octanol–water partition coefficient (Wildman–Crippen LogP) is 2.37. The van der Waals surface area contributed by atoms with Crippen LogP contribution in [-0.4, -0.2) is 34.6 Å². The second-order valence-electron chi connectivity index (χ2n) is 6.74. The van der Waals surface area contributed by atoms with Crippen molar-refractivity contribution >= 4 is 33.4 Å². The number of hydrogen-bond donors (Lipinski definition) is 1. The Bertz CT molecular complexity index is 1070. The number of nitrogens with zero attached hydrogens (tertiary/aromatic N) is 2. The molecule has 2 aromatic heterocycles. The number of fused-ring (bicyclic) bond motifs is 1. The molecule has 0 atom stereocenters. The van der Waals surface area contributed by atoms with E-state index in [0.29, 0.717) is 16.8 Å². The summed E-state index contributed by atoms with van der Waals surface area (Å²) in [5.41, 5.74) is 1.81. The van der Waals surface area contributed by atoms with Crippen molar-refractivity contribution in [2.45, 2.75) is 33.2 Å². The molecule has 1 amide bonds. The molecule has 1 aromatic carbocycles. The molecule has 0 aliphatic carbocycles. The minimum atomic E-state index is -0.655. The van der Waals surface area contributed by atoms with Gasteiger partial charge in [-0.2, -0.15) is 0 Å². The minimum absolute atomic E-state index is 0.279. The number of amides is 1. The number of hydrogen-bond acceptors (Lipinski definition) is 6. The highest BCUT2D eigenvalue weighted by atomic mass is 32.1. The Labute approximate surface area is 172 Å². The first-order valence-corrected chi connectivity index (χ1v) is 10.2. The molecule has 0 saturated heterocycles. The Balaban J connectivity index is 1.44. The SMILES string of the molecule is Cc1sc2ncn(CC(=O)OCC(=O)NCCCc3ccccc3)c(=O)c2c1C. The highest BCUT2D eigenvalue weighted by Gasteiger charge is 2.15. The fourth-order valence-corrected chi connectivity index (χ4v) is 3.92. The molecule has 0 fully saturated rings. The number of ether oxygens (including phenoxy) is 1. The maximum Gasteiger partial charge on any atom is 0.326 e. The number of nitrogens with one attached hydrogen (secondary N) is 1. The van der Waals surface area contributed by atoms with E-state index in [1.54, 1.807) is 0 Å². The van der Waals surface area contributed by atoms with E-state index in [9.17, 15) is 14.4 Å². The van der Waals surface area contributed by atoms with Gasteiger partial charge in [-0.25, -0.2) is 4.98 Å². The highest BCUT2D eigenvalue weighted by molar-refractivity contribution is 7.18. The molecule has 0 aliphatic rings. The van der Waals surface area contributed by atoms with Gasteiger partial charge in [-0.1, -0.05) is 30.3 Å². The molecule has 8 heteroatoms. The summed E-state index contributed by atoms with van der Waals surface area (Å²) < 4.78 is 6.20. The first-order chi connectivity index (χ1) is 14.0. The third kappa shape index (κ3) is 5.29. The molecular formula is C21H23N3O4S. The van der Waals surface area contributed by atoms with Gasteiger partial charge >= 0.3 is 5.97 Å². The van der Waals surface area contributed by atoms with E-state index >= 15 is 0 Å². The first-order valence-electron chi connectivity index (χ1n) is 9.37. The lowest BCUT2D eigenvalue weighted by Crippen LogP contribution is -2.31. The monoisotopic (exact) mass is 413 g/mol. The van der Waals surface area contributed by atoms with Crippen LogP contribution in [0.25, 0.3) is 10.2 Å². The fourth-order valence-electron chi connectivity index (χ4n) is 2.93. The van der Waals surface area contributed by atoms with Crippen LogP contribution < -0.4 is 10.9 Å². The van der Waals surface area contributed by atoms with Gasteiger partial charge in [0.1, 0.15) is 11.4 Å². The van der Waals surface area contributed by atoms with Gasteiger partial charge in [0.15, 0.2) is 6.61 Å². The molecule has 152 valence electrons.